The van der Waals surface area contributed by atoms with Gasteiger partial charge in [0.1, 0.15) is 11.3 Å². The van der Waals surface area contributed by atoms with E-state index in [0.29, 0.717) is 17.0 Å². The van der Waals surface area contributed by atoms with Crippen LogP contribution in [0.2, 0.25) is 5.02 Å². The first-order valence-electron chi connectivity index (χ1n) is 5.64. The maximum atomic E-state index is 6.12. The maximum Gasteiger partial charge on any atom is 0.151 e. The van der Waals surface area contributed by atoms with Gasteiger partial charge in [-0.2, -0.15) is 0 Å². The Morgan fingerprint density at radius 2 is 2.38 bits per heavy atom. The smallest absolute Gasteiger partial charge is 0.151 e. The van der Waals surface area contributed by atoms with Gasteiger partial charge in [-0.25, -0.2) is 9.97 Å². The summed E-state index contributed by atoms with van der Waals surface area (Å²) in [6.07, 6.45) is 5.52. The van der Waals surface area contributed by atoms with E-state index >= 15 is 0 Å². The highest BCUT2D eigenvalue weighted by atomic mass is 35.5. The molecule has 16 heavy (non-hydrogen) atoms. The number of nitrogens with zero attached hydrogens (tertiary/aromatic N) is 3. The summed E-state index contributed by atoms with van der Waals surface area (Å²) in [5.41, 5.74) is 5.73. The van der Waals surface area contributed by atoms with E-state index < -0.39 is 0 Å². The van der Waals surface area contributed by atoms with Crippen molar-refractivity contribution in [2.24, 2.45) is 11.7 Å². The second-order valence-corrected chi connectivity index (χ2v) is 4.78. The number of anilines is 1. The van der Waals surface area contributed by atoms with Crippen LogP contribution in [0.3, 0.4) is 0 Å². The Labute approximate surface area is 101 Å². The van der Waals surface area contributed by atoms with E-state index in [0.717, 1.165) is 25.3 Å². The molecular weight excluding hydrogens is 224 g/mol. The molecule has 0 radical (unpaired) electrons. The summed E-state index contributed by atoms with van der Waals surface area (Å²) in [5.74, 6) is 1.38. The minimum absolute atomic E-state index is 0.468. The van der Waals surface area contributed by atoms with Gasteiger partial charge in [0, 0.05) is 12.6 Å². The number of piperidine rings is 1. The minimum Gasteiger partial charge on any atom is -0.352 e. The van der Waals surface area contributed by atoms with E-state index in [4.69, 9.17) is 17.3 Å². The summed E-state index contributed by atoms with van der Waals surface area (Å²) in [6, 6.07) is 0.468. The van der Waals surface area contributed by atoms with Gasteiger partial charge in [0.2, 0.25) is 0 Å². The van der Waals surface area contributed by atoms with Crippen LogP contribution in [0.1, 0.15) is 19.8 Å². The lowest BCUT2D eigenvalue weighted by Crippen LogP contribution is -2.44. The molecule has 0 bridgehead atoms. The summed E-state index contributed by atoms with van der Waals surface area (Å²) in [4.78, 5) is 10.4. The fourth-order valence-corrected chi connectivity index (χ4v) is 2.40. The van der Waals surface area contributed by atoms with Gasteiger partial charge in [0.05, 0.1) is 6.20 Å². The highest BCUT2D eigenvalue weighted by Crippen LogP contribution is 2.29. The predicted octanol–water partition coefficient (Wildman–Crippen LogP) is 1.69. The molecule has 5 heteroatoms. The number of nitrogens with two attached hydrogens (primary N) is 1. The minimum atomic E-state index is 0.468. The molecular formula is C11H17ClN4. The molecule has 1 aliphatic heterocycles. The molecule has 1 aromatic heterocycles. The molecule has 2 atom stereocenters. The molecule has 4 nitrogen and oxygen atoms in total. The second-order valence-electron chi connectivity index (χ2n) is 4.37. The van der Waals surface area contributed by atoms with Gasteiger partial charge in [0.25, 0.3) is 0 Å². The van der Waals surface area contributed by atoms with Gasteiger partial charge in [-0.1, -0.05) is 11.6 Å². The standard InChI is InChI=1S/C11H17ClN4/c1-8-2-3-9(4-13)6-16(8)11-10(12)5-14-7-15-11/h5,7-9H,2-4,6,13H2,1H3. The van der Waals surface area contributed by atoms with Gasteiger partial charge < -0.3 is 10.6 Å². The van der Waals surface area contributed by atoms with Crippen LogP contribution in [0.5, 0.6) is 0 Å². The van der Waals surface area contributed by atoms with Crippen molar-refractivity contribution in [1.82, 2.24) is 9.97 Å². The molecule has 1 aromatic rings. The third-order valence-electron chi connectivity index (χ3n) is 3.23. The number of halogens is 1. The molecule has 1 aliphatic rings. The lowest BCUT2D eigenvalue weighted by Gasteiger charge is -2.38. The second kappa shape index (κ2) is 4.97. The Morgan fingerprint density at radius 1 is 1.56 bits per heavy atom. The molecule has 2 heterocycles. The van der Waals surface area contributed by atoms with Crippen molar-refractivity contribution < 1.29 is 0 Å². The SMILES string of the molecule is CC1CCC(CN)CN1c1ncncc1Cl. The fraction of sp³-hybridized carbons (Fsp3) is 0.636. The van der Waals surface area contributed by atoms with E-state index in [9.17, 15) is 0 Å². The van der Waals surface area contributed by atoms with Crippen LogP contribution in [0, 0.1) is 5.92 Å². The van der Waals surface area contributed by atoms with Crippen molar-refractivity contribution in [3.8, 4) is 0 Å². The number of hydrogen-bond acceptors (Lipinski definition) is 4. The third kappa shape index (κ3) is 2.28. The van der Waals surface area contributed by atoms with Crippen molar-refractivity contribution in [3.05, 3.63) is 17.5 Å². The van der Waals surface area contributed by atoms with Crippen LogP contribution in [-0.4, -0.2) is 29.1 Å². The van der Waals surface area contributed by atoms with Crippen LogP contribution >= 0.6 is 11.6 Å². The van der Waals surface area contributed by atoms with Gasteiger partial charge in [0.15, 0.2) is 5.82 Å². The van der Waals surface area contributed by atoms with Crippen LogP contribution in [0.4, 0.5) is 5.82 Å². The molecule has 0 saturated carbocycles. The molecule has 1 fully saturated rings. The molecule has 88 valence electrons. The van der Waals surface area contributed by atoms with Gasteiger partial charge in [-0.15, -0.1) is 0 Å². The van der Waals surface area contributed by atoms with E-state index in [1.165, 1.54) is 6.42 Å². The van der Waals surface area contributed by atoms with Crippen molar-refractivity contribution in [2.45, 2.75) is 25.8 Å². The highest BCUT2D eigenvalue weighted by Gasteiger charge is 2.26. The average Bonchev–Trinajstić information content (AvgIpc) is 2.31. The van der Waals surface area contributed by atoms with E-state index in [1.54, 1.807) is 12.5 Å². The number of aromatic nitrogens is 2. The Morgan fingerprint density at radius 3 is 3.06 bits per heavy atom. The maximum absolute atomic E-state index is 6.12. The molecule has 2 rings (SSSR count). The summed E-state index contributed by atoms with van der Waals surface area (Å²) in [7, 11) is 0. The lowest BCUT2D eigenvalue weighted by molar-refractivity contribution is 0.372. The Balaban J connectivity index is 2.21. The number of rotatable bonds is 2. The average molecular weight is 241 g/mol. The lowest BCUT2D eigenvalue weighted by atomic mass is 9.93. The van der Waals surface area contributed by atoms with Crippen molar-refractivity contribution in [2.75, 3.05) is 18.0 Å². The predicted molar refractivity (Wildman–Crippen MR) is 65.6 cm³/mol. The Kier molecular flexibility index (Phi) is 3.61. The largest absolute Gasteiger partial charge is 0.352 e. The molecule has 0 aliphatic carbocycles. The quantitative estimate of drug-likeness (QED) is 0.855. The zero-order chi connectivity index (χ0) is 11.5. The molecule has 2 unspecified atom stereocenters. The van der Waals surface area contributed by atoms with Crippen molar-refractivity contribution in [3.63, 3.8) is 0 Å². The topological polar surface area (TPSA) is 55.0 Å². The first kappa shape index (κ1) is 11.6. The monoisotopic (exact) mass is 240 g/mol. The first-order valence-corrected chi connectivity index (χ1v) is 6.02. The van der Waals surface area contributed by atoms with Crippen LogP contribution in [0.25, 0.3) is 0 Å². The van der Waals surface area contributed by atoms with Crippen LogP contribution in [0.15, 0.2) is 12.5 Å². The van der Waals surface area contributed by atoms with Gasteiger partial charge in [-0.3, -0.25) is 0 Å². The molecule has 0 amide bonds. The summed E-state index contributed by atoms with van der Waals surface area (Å²) in [5, 5.41) is 0.618. The number of hydrogen-bond donors (Lipinski definition) is 1. The van der Waals surface area contributed by atoms with Gasteiger partial charge >= 0.3 is 0 Å². The van der Waals surface area contributed by atoms with E-state index in [1.807, 2.05) is 0 Å². The zero-order valence-corrected chi connectivity index (χ0v) is 10.2. The zero-order valence-electron chi connectivity index (χ0n) is 9.43. The highest BCUT2D eigenvalue weighted by molar-refractivity contribution is 6.32. The third-order valence-corrected chi connectivity index (χ3v) is 3.50. The normalized spacial score (nSPS) is 25.8. The van der Waals surface area contributed by atoms with Crippen molar-refractivity contribution in [1.29, 1.82) is 0 Å². The first-order chi connectivity index (χ1) is 7.72. The van der Waals surface area contributed by atoms with Crippen LogP contribution < -0.4 is 10.6 Å². The fourth-order valence-electron chi connectivity index (χ4n) is 2.19. The Hall–Kier alpha value is -0.870. The van der Waals surface area contributed by atoms with E-state index in [2.05, 4.69) is 21.8 Å². The Bertz CT molecular complexity index is 358. The molecule has 0 spiro atoms. The van der Waals surface area contributed by atoms with Crippen molar-refractivity contribution >= 4 is 17.4 Å². The summed E-state index contributed by atoms with van der Waals surface area (Å²) >= 11 is 6.12. The summed E-state index contributed by atoms with van der Waals surface area (Å²) in [6.45, 7) is 3.87. The molecule has 2 N–H and O–H groups in total. The molecule has 1 saturated heterocycles. The molecule has 0 aromatic carbocycles. The van der Waals surface area contributed by atoms with Gasteiger partial charge in [-0.05, 0) is 32.2 Å². The van der Waals surface area contributed by atoms with Crippen LogP contribution in [-0.2, 0) is 0 Å². The summed E-state index contributed by atoms with van der Waals surface area (Å²) < 4.78 is 0. The van der Waals surface area contributed by atoms with E-state index in [-0.39, 0.29) is 0 Å².